The maximum atomic E-state index is 6.04. The van der Waals surface area contributed by atoms with Crippen LogP contribution >= 0.6 is 22.6 Å². The van der Waals surface area contributed by atoms with Crippen LogP contribution in [0.25, 0.3) is 0 Å². The lowest BCUT2D eigenvalue weighted by molar-refractivity contribution is -0.188. The first-order valence-corrected chi connectivity index (χ1v) is 10.8. The number of aromatic nitrogens is 3. The van der Waals surface area contributed by atoms with Crippen LogP contribution in [0.2, 0.25) is 0 Å². The van der Waals surface area contributed by atoms with Gasteiger partial charge in [-0.3, -0.25) is 0 Å². The number of halogens is 1. The number of hydrogen-bond acceptors (Lipinski definition) is 5. The average Bonchev–Trinajstić information content (AvgIpc) is 3.38. The molecular weight excluding hydrogens is 481 g/mol. The summed E-state index contributed by atoms with van der Waals surface area (Å²) in [6, 6.07) is 9.89. The summed E-state index contributed by atoms with van der Waals surface area (Å²) in [5, 5.41) is 4.14. The van der Waals surface area contributed by atoms with E-state index in [0.717, 1.165) is 43.0 Å². The molecule has 1 saturated heterocycles. The molecule has 3 heterocycles. The largest absolute Gasteiger partial charge is 0.353 e. The molecule has 6 nitrogen and oxygen atoms in total. The van der Waals surface area contributed by atoms with Gasteiger partial charge in [0.1, 0.15) is 17.6 Å². The molecule has 1 fully saturated rings. The molecular formula is C22H22IN3O3. The van der Waals surface area contributed by atoms with Gasteiger partial charge in [0.05, 0.1) is 6.54 Å². The molecule has 1 unspecified atom stereocenters. The van der Waals surface area contributed by atoms with Gasteiger partial charge in [-0.05, 0) is 79.0 Å². The van der Waals surface area contributed by atoms with E-state index in [1.165, 1.54) is 3.57 Å². The fraction of sp³-hybridized carbons (Fsp3) is 0.364. The minimum Gasteiger partial charge on any atom is -0.353 e. The first kappa shape index (κ1) is 20.1. The van der Waals surface area contributed by atoms with E-state index in [9.17, 15) is 0 Å². The van der Waals surface area contributed by atoms with Crippen molar-refractivity contribution in [2.75, 3.05) is 6.61 Å². The zero-order chi connectivity index (χ0) is 20.1. The third kappa shape index (κ3) is 5.47. The van der Waals surface area contributed by atoms with E-state index in [0.29, 0.717) is 12.3 Å². The zero-order valence-electron chi connectivity index (χ0n) is 16.2. The Kier molecular flexibility index (Phi) is 6.64. The van der Waals surface area contributed by atoms with Crippen LogP contribution in [0.5, 0.6) is 0 Å². The maximum absolute atomic E-state index is 6.04. The van der Waals surface area contributed by atoms with Gasteiger partial charge in [-0.15, -0.1) is 0 Å². The van der Waals surface area contributed by atoms with Gasteiger partial charge in [-0.25, -0.2) is 4.98 Å². The van der Waals surface area contributed by atoms with Crippen molar-refractivity contribution in [3.05, 3.63) is 69.1 Å². The molecule has 29 heavy (non-hydrogen) atoms. The number of rotatable bonds is 5. The second-order valence-corrected chi connectivity index (χ2v) is 8.17. The van der Waals surface area contributed by atoms with E-state index in [-0.39, 0.29) is 12.4 Å². The normalized spacial score (nSPS) is 17.5. The van der Waals surface area contributed by atoms with Crippen LogP contribution < -0.4 is 0 Å². The Balaban J connectivity index is 1.40. The van der Waals surface area contributed by atoms with E-state index in [2.05, 4.69) is 44.6 Å². The van der Waals surface area contributed by atoms with Gasteiger partial charge in [0.25, 0.3) is 0 Å². The van der Waals surface area contributed by atoms with Gasteiger partial charge in [0, 0.05) is 34.2 Å². The highest BCUT2D eigenvalue weighted by molar-refractivity contribution is 14.1. The average molecular weight is 503 g/mol. The van der Waals surface area contributed by atoms with Crippen molar-refractivity contribution in [3.63, 3.8) is 0 Å². The topological polar surface area (TPSA) is 62.3 Å². The summed E-state index contributed by atoms with van der Waals surface area (Å²) in [6.07, 6.45) is 6.54. The second kappa shape index (κ2) is 9.57. The number of benzene rings is 1. The Bertz CT molecular complexity index is 994. The molecule has 4 rings (SSSR count). The van der Waals surface area contributed by atoms with Gasteiger partial charge < -0.3 is 18.6 Å². The fourth-order valence-electron chi connectivity index (χ4n) is 3.21. The van der Waals surface area contributed by atoms with Gasteiger partial charge in [0.2, 0.25) is 5.76 Å². The molecule has 0 amide bonds. The minimum atomic E-state index is -0.167. The molecule has 3 aromatic rings. The molecule has 7 heteroatoms. The van der Waals surface area contributed by atoms with Crippen LogP contribution in [0.15, 0.2) is 47.2 Å². The standard InChI is InChI=1S/C22H22IN3O3/c1-16(28-21-4-2-3-13-27-21)22-24-11-12-26(22)15-19-14-20(29-25-19)10-7-17-5-8-18(23)9-6-17/h5-6,8-9,11-12,14,16,21H,2-4,13,15H2,1H3/t16-,21?/m0/s1. The lowest BCUT2D eigenvalue weighted by Gasteiger charge is -2.26. The molecule has 0 bridgehead atoms. The molecule has 2 atom stereocenters. The van der Waals surface area contributed by atoms with E-state index in [4.69, 9.17) is 14.0 Å². The highest BCUT2D eigenvalue weighted by Gasteiger charge is 2.21. The Morgan fingerprint density at radius 3 is 2.93 bits per heavy atom. The zero-order valence-corrected chi connectivity index (χ0v) is 18.3. The van der Waals surface area contributed by atoms with Gasteiger partial charge in [0.15, 0.2) is 6.29 Å². The van der Waals surface area contributed by atoms with Crippen LogP contribution in [0.1, 0.15) is 55.1 Å². The van der Waals surface area contributed by atoms with Crippen molar-refractivity contribution >= 4 is 22.6 Å². The molecule has 0 saturated carbocycles. The lowest BCUT2D eigenvalue weighted by Crippen LogP contribution is -2.24. The molecule has 1 aliphatic heterocycles. The number of nitrogens with zero attached hydrogens (tertiary/aromatic N) is 3. The fourth-order valence-corrected chi connectivity index (χ4v) is 3.57. The Morgan fingerprint density at radius 2 is 2.14 bits per heavy atom. The summed E-state index contributed by atoms with van der Waals surface area (Å²) >= 11 is 2.27. The summed E-state index contributed by atoms with van der Waals surface area (Å²) in [5.41, 5.74) is 1.73. The Morgan fingerprint density at radius 1 is 1.28 bits per heavy atom. The van der Waals surface area contributed by atoms with E-state index < -0.39 is 0 Å². The van der Waals surface area contributed by atoms with Crippen molar-refractivity contribution in [2.24, 2.45) is 0 Å². The summed E-state index contributed by atoms with van der Waals surface area (Å²) < 4.78 is 20.3. The first-order chi connectivity index (χ1) is 14.2. The van der Waals surface area contributed by atoms with Gasteiger partial charge in [-0.2, -0.15) is 0 Å². The molecule has 150 valence electrons. The molecule has 0 aliphatic carbocycles. The quantitative estimate of drug-likeness (QED) is 0.379. The summed E-state index contributed by atoms with van der Waals surface area (Å²) in [6.45, 7) is 3.30. The highest BCUT2D eigenvalue weighted by Crippen LogP contribution is 2.23. The maximum Gasteiger partial charge on any atom is 0.210 e. The van der Waals surface area contributed by atoms with Gasteiger partial charge in [-0.1, -0.05) is 11.1 Å². The SMILES string of the molecule is C[C@H](OC1CCCCO1)c1nccn1Cc1cc(C#Cc2ccc(I)cc2)on1. The van der Waals surface area contributed by atoms with Crippen LogP contribution in [0.3, 0.4) is 0 Å². The molecule has 0 radical (unpaired) electrons. The van der Waals surface area contributed by atoms with Crippen molar-refractivity contribution in [2.45, 2.75) is 45.1 Å². The van der Waals surface area contributed by atoms with Crippen LogP contribution in [-0.4, -0.2) is 27.6 Å². The monoisotopic (exact) mass is 503 g/mol. The third-order valence-electron chi connectivity index (χ3n) is 4.67. The van der Waals surface area contributed by atoms with Crippen molar-refractivity contribution in [3.8, 4) is 11.8 Å². The third-order valence-corrected chi connectivity index (χ3v) is 5.39. The van der Waals surface area contributed by atoms with Crippen LogP contribution in [-0.2, 0) is 16.0 Å². The first-order valence-electron chi connectivity index (χ1n) is 9.68. The summed E-state index contributed by atoms with van der Waals surface area (Å²) in [5.74, 6) is 7.50. The molecule has 1 aromatic carbocycles. The Labute approximate surface area is 183 Å². The summed E-state index contributed by atoms with van der Waals surface area (Å²) in [4.78, 5) is 4.46. The number of imidazole rings is 1. The number of ether oxygens (including phenoxy) is 2. The molecule has 1 aliphatic rings. The van der Waals surface area contributed by atoms with Crippen LogP contribution in [0, 0.1) is 15.4 Å². The van der Waals surface area contributed by atoms with Crippen LogP contribution in [0.4, 0.5) is 0 Å². The minimum absolute atomic E-state index is 0.154. The van der Waals surface area contributed by atoms with Crippen molar-refractivity contribution < 1.29 is 14.0 Å². The predicted molar refractivity (Wildman–Crippen MR) is 116 cm³/mol. The smallest absolute Gasteiger partial charge is 0.210 e. The molecule has 0 N–H and O–H groups in total. The number of hydrogen-bond donors (Lipinski definition) is 0. The predicted octanol–water partition coefficient (Wildman–Crippen LogP) is 4.53. The molecule has 2 aromatic heterocycles. The second-order valence-electron chi connectivity index (χ2n) is 6.93. The molecule has 0 spiro atoms. The van der Waals surface area contributed by atoms with E-state index >= 15 is 0 Å². The van der Waals surface area contributed by atoms with Crippen molar-refractivity contribution in [1.82, 2.24) is 14.7 Å². The lowest BCUT2D eigenvalue weighted by atomic mass is 10.2. The van der Waals surface area contributed by atoms with Gasteiger partial charge >= 0.3 is 0 Å². The summed E-state index contributed by atoms with van der Waals surface area (Å²) in [7, 11) is 0. The Hall–Kier alpha value is -2.15. The highest BCUT2D eigenvalue weighted by atomic mass is 127. The van der Waals surface area contributed by atoms with E-state index in [1.54, 1.807) is 6.20 Å². The van der Waals surface area contributed by atoms with E-state index in [1.807, 2.05) is 48.0 Å². The van der Waals surface area contributed by atoms with Crippen molar-refractivity contribution in [1.29, 1.82) is 0 Å².